The van der Waals surface area contributed by atoms with Crippen LogP contribution in [0, 0.1) is 27.2 Å². The molecule has 1 aromatic rings. The van der Waals surface area contributed by atoms with Crippen molar-refractivity contribution in [3.8, 4) is 0 Å². The molecule has 0 aromatic heterocycles. The molecule has 7 heteroatoms. The maximum Gasteiger partial charge on any atom is 0.297 e. The molecule has 0 spiro atoms. The molecule has 17 heavy (non-hydrogen) atoms. The highest BCUT2D eigenvalue weighted by Crippen LogP contribution is 2.40. The highest BCUT2D eigenvalue weighted by atomic mass is 35.5. The van der Waals surface area contributed by atoms with Crippen molar-refractivity contribution in [2.75, 3.05) is 0 Å². The quantitative estimate of drug-likeness (QED) is 0.612. The van der Waals surface area contributed by atoms with E-state index in [2.05, 4.69) is 0 Å². The lowest BCUT2D eigenvalue weighted by Crippen LogP contribution is -2.02. The van der Waals surface area contributed by atoms with E-state index in [1.807, 2.05) is 0 Å². The average Bonchev–Trinajstić information content (AvgIpc) is 2.15. The SMILES string of the molecule is Cc1c([N+](=O)[O-])cc(C(C)C)c(Cl)c1[N+](=O)[O-]. The summed E-state index contributed by atoms with van der Waals surface area (Å²) < 4.78 is 0. The van der Waals surface area contributed by atoms with Crippen LogP contribution < -0.4 is 0 Å². The molecule has 0 bridgehead atoms. The number of nitrogens with zero attached hydrogens (tertiary/aromatic N) is 2. The third-order valence-electron chi connectivity index (χ3n) is 2.49. The summed E-state index contributed by atoms with van der Waals surface area (Å²) in [6.45, 7) is 4.86. The number of nitro benzene ring substituents is 2. The van der Waals surface area contributed by atoms with Gasteiger partial charge in [-0.05, 0) is 18.4 Å². The Bertz CT molecular complexity index is 500. The van der Waals surface area contributed by atoms with Gasteiger partial charge in [-0.1, -0.05) is 25.4 Å². The fourth-order valence-corrected chi connectivity index (χ4v) is 2.05. The van der Waals surface area contributed by atoms with Gasteiger partial charge in [-0.3, -0.25) is 20.2 Å². The first-order valence-corrected chi connectivity index (χ1v) is 5.27. The summed E-state index contributed by atoms with van der Waals surface area (Å²) >= 11 is 5.92. The lowest BCUT2D eigenvalue weighted by Gasteiger charge is -2.10. The predicted molar refractivity (Wildman–Crippen MR) is 63.6 cm³/mol. The normalized spacial score (nSPS) is 10.6. The van der Waals surface area contributed by atoms with Crippen molar-refractivity contribution in [3.05, 3.63) is 42.4 Å². The minimum atomic E-state index is -0.684. The topological polar surface area (TPSA) is 86.3 Å². The summed E-state index contributed by atoms with van der Waals surface area (Å²) in [5, 5.41) is 21.7. The predicted octanol–water partition coefficient (Wildman–Crippen LogP) is 3.59. The Morgan fingerprint density at radius 1 is 1.24 bits per heavy atom. The monoisotopic (exact) mass is 258 g/mol. The summed E-state index contributed by atoms with van der Waals surface area (Å²) in [4.78, 5) is 20.4. The van der Waals surface area contributed by atoms with Crippen molar-refractivity contribution in [1.82, 2.24) is 0 Å². The van der Waals surface area contributed by atoms with Crippen LogP contribution in [0.3, 0.4) is 0 Å². The smallest absolute Gasteiger partial charge is 0.258 e. The Labute approximate surface area is 103 Å². The van der Waals surface area contributed by atoms with E-state index in [1.54, 1.807) is 13.8 Å². The molecule has 1 rings (SSSR count). The van der Waals surface area contributed by atoms with Crippen LogP contribution >= 0.6 is 11.6 Å². The Balaban J connectivity index is 3.69. The number of nitro groups is 2. The highest BCUT2D eigenvalue weighted by Gasteiger charge is 2.29. The first-order chi connectivity index (χ1) is 7.77. The molecule has 0 unspecified atom stereocenters. The van der Waals surface area contributed by atoms with Crippen LogP contribution in [0.25, 0.3) is 0 Å². The fraction of sp³-hybridized carbons (Fsp3) is 0.400. The number of halogens is 1. The summed E-state index contributed by atoms with van der Waals surface area (Å²) in [7, 11) is 0. The molecule has 92 valence electrons. The van der Waals surface area contributed by atoms with E-state index in [0.717, 1.165) is 0 Å². The lowest BCUT2D eigenvalue weighted by molar-refractivity contribution is -0.395. The molecule has 6 nitrogen and oxygen atoms in total. The molecule has 0 saturated carbocycles. The molecule has 0 aliphatic carbocycles. The highest BCUT2D eigenvalue weighted by molar-refractivity contribution is 6.33. The van der Waals surface area contributed by atoms with E-state index in [9.17, 15) is 20.2 Å². The Kier molecular flexibility index (Phi) is 3.67. The average molecular weight is 259 g/mol. The van der Waals surface area contributed by atoms with Crippen LogP contribution in [0.5, 0.6) is 0 Å². The largest absolute Gasteiger partial charge is 0.297 e. The van der Waals surface area contributed by atoms with E-state index in [0.29, 0.717) is 5.56 Å². The molecule has 0 amide bonds. The zero-order valence-electron chi connectivity index (χ0n) is 9.56. The minimum Gasteiger partial charge on any atom is -0.258 e. The van der Waals surface area contributed by atoms with Crippen LogP contribution in [0.4, 0.5) is 11.4 Å². The first kappa shape index (κ1) is 13.4. The Hall–Kier alpha value is -1.69. The Morgan fingerprint density at radius 3 is 2.12 bits per heavy atom. The van der Waals surface area contributed by atoms with Gasteiger partial charge in [0.2, 0.25) is 0 Å². The number of rotatable bonds is 3. The van der Waals surface area contributed by atoms with Crippen molar-refractivity contribution in [2.45, 2.75) is 26.7 Å². The second-order valence-corrected chi connectivity index (χ2v) is 4.32. The number of hydrogen-bond donors (Lipinski definition) is 0. The molecular weight excluding hydrogens is 248 g/mol. The Morgan fingerprint density at radius 2 is 1.76 bits per heavy atom. The van der Waals surface area contributed by atoms with Crippen LogP contribution in [-0.2, 0) is 0 Å². The van der Waals surface area contributed by atoms with Crippen LogP contribution in [0.15, 0.2) is 6.07 Å². The lowest BCUT2D eigenvalue weighted by atomic mass is 9.99. The van der Waals surface area contributed by atoms with Gasteiger partial charge in [-0.2, -0.15) is 0 Å². The van der Waals surface area contributed by atoms with Gasteiger partial charge in [-0.25, -0.2) is 0 Å². The summed E-state index contributed by atoms with van der Waals surface area (Å²) in [5.41, 5.74) is -0.264. The number of hydrogen-bond acceptors (Lipinski definition) is 4. The summed E-state index contributed by atoms with van der Waals surface area (Å²) in [6.07, 6.45) is 0. The maximum atomic E-state index is 10.9. The molecule has 0 aliphatic heterocycles. The van der Waals surface area contributed by atoms with Gasteiger partial charge in [0, 0.05) is 6.07 Å². The molecule has 0 fully saturated rings. The second-order valence-electron chi connectivity index (χ2n) is 3.94. The van der Waals surface area contributed by atoms with Crippen molar-refractivity contribution in [1.29, 1.82) is 0 Å². The van der Waals surface area contributed by atoms with Gasteiger partial charge in [0.25, 0.3) is 11.4 Å². The molecule has 0 saturated heterocycles. The third-order valence-corrected chi connectivity index (χ3v) is 2.89. The standard InChI is InChI=1S/C10H11ClN2O4/c1-5(2)7-4-8(12(14)15)6(3)10(9(7)11)13(16)17/h4-5H,1-3H3. The fourth-order valence-electron chi connectivity index (χ4n) is 1.57. The maximum absolute atomic E-state index is 10.9. The van der Waals surface area contributed by atoms with Crippen LogP contribution in [0.1, 0.15) is 30.9 Å². The van der Waals surface area contributed by atoms with Crippen molar-refractivity contribution in [2.24, 2.45) is 0 Å². The molecule has 0 radical (unpaired) electrons. The van der Waals surface area contributed by atoms with E-state index in [4.69, 9.17) is 11.6 Å². The molecular formula is C10H11ClN2O4. The van der Waals surface area contributed by atoms with Gasteiger partial charge in [0.1, 0.15) is 10.6 Å². The van der Waals surface area contributed by atoms with E-state index < -0.39 is 9.85 Å². The van der Waals surface area contributed by atoms with Crippen molar-refractivity contribution in [3.63, 3.8) is 0 Å². The minimum absolute atomic E-state index is 0.0191. The van der Waals surface area contributed by atoms with Gasteiger partial charge in [-0.15, -0.1) is 0 Å². The molecule has 0 N–H and O–H groups in total. The van der Waals surface area contributed by atoms with E-state index in [1.165, 1.54) is 13.0 Å². The zero-order chi connectivity index (χ0) is 13.3. The first-order valence-electron chi connectivity index (χ1n) is 4.89. The van der Waals surface area contributed by atoms with E-state index >= 15 is 0 Å². The molecule has 1 aromatic carbocycles. The van der Waals surface area contributed by atoms with E-state index in [-0.39, 0.29) is 27.9 Å². The summed E-state index contributed by atoms with van der Waals surface area (Å²) in [6, 6.07) is 1.30. The third kappa shape index (κ3) is 2.36. The van der Waals surface area contributed by atoms with Gasteiger partial charge in [0.05, 0.1) is 9.85 Å². The van der Waals surface area contributed by atoms with Gasteiger partial charge in [0.15, 0.2) is 0 Å². The number of benzene rings is 1. The molecule has 0 aliphatic rings. The molecule has 0 atom stereocenters. The zero-order valence-corrected chi connectivity index (χ0v) is 10.3. The summed E-state index contributed by atoms with van der Waals surface area (Å²) in [5.74, 6) is -0.125. The second kappa shape index (κ2) is 4.67. The van der Waals surface area contributed by atoms with Gasteiger partial charge < -0.3 is 0 Å². The van der Waals surface area contributed by atoms with Crippen molar-refractivity contribution < 1.29 is 9.85 Å². The van der Waals surface area contributed by atoms with Crippen LogP contribution in [-0.4, -0.2) is 9.85 Å². The van der Waals surface area contributed by atoms with Crippen molar-refractivity contribution >= 4 is 23.0 Å². The van der Waals surface area contributed by atoms with Gasteiger partial charge >= 0.3 is 0 Å². The molecule has 0 heterocycles. The van der Waals surface area contributed by atoms with Crippen LogP contribution in [0.2, 0.25) is 5.02 Å².